The summed E-state index contributed by atoms with van der Waals surface area (Å²) < 4.78 is 16.9. The molecule has 2 aromatic heterocycles. The molecular weight excluding hydrogens is 895 g/mol. The first-order valence-electron chi connectivity index (χ1n) is 21.5. The summed E-state index contributed by atoms with van der Waals surface area (Å²) in [6.45, 7) is 10.3. The van der Waals surface area contributed by atoms with Crippen molar-refractivity contribution in [1.29, 1.82) is 0 Å². The predicted octanol–water partition coefficient (Wildman–Crippen LogP) is 16.4. The maximum absolute atomic E-state index is 9.13. The number of halogens is 2. The van der Waals surface area contributed by atoms with E-state index in [1.165, 1.54) is 44.5 Å². The molecule has 0 N–H and O–H groups in total. The summed E-state index contributed by atoms with van der Waals surface area (Å²) in [4.78, 5) is 0. The van der Waals surface area contributed by atoms with Gasteiger partial charge in [-0.3, -0.25) is 0 Å². The van der Waals surface area contributed by atoms with Crippen LogP contribution in [0.4, 0.5) is 0 Å². The zero-order valence-electron chi connectivity index (χ0n) is 36.1. The van der Waals surface area contributed by atoms with Crippen LogP contribution in [0.5, 0.6) is 0 Å². The Balaban J connectivity index is 1.20. The van der Waals surface area contributed by atoms with Crippen molar-refractivity contribution in [1.82, 2.24) is 0 Å². The van der Waals surface area contributed by atoms with E-state index >= 15 is 0 Å². The summed E-state index contributed by atoms with van der Waals surface area (Å²) in [5, 5.41) is 0. The molecule has 8 aromatic rings. The molecule has 6 aromatic carbocycles. The third-order valence-electron chi connectivity index (χ3n) is 13.8. The van der Waals surface area contributed by atoms with Gasteiger partial charge in [0, 0.05) is 0 Å². The minimum absolute atomic E-state index is 0.401. The van der Waals surface area contributed by atoms with Crippen molar-refractivity contribution in [3.05, 3.63) is 214 Å². The van der Waals surface area contributed by atoms with Crippen molar-refractivity contribution in [2.24, 2.45) is 0 Å². The fraction of sp³-hybridized carbons (Fsp3) is 0.143. The Hall–Kier alpha value is -4.96. The predicted molar refractivity (Wildman–Crippen MR) is 264 cm³/mol. The molecule has 2 heterocycles. The molecule has 0 amide bonds. The molecule has 0 fully saturated rings. The number of hydrogen-bond acceptors (Lipinski definition) is 2. The van der Waals surface area contributed by atoms with Crippen LogP contribution in [0.3, 0.4) is 0 Å². The number of benzene rings is 6. The van der Waals surface area contributed by atoms with E-state index < -0.39 is 19.3 Å². The van der Waals surface area contributed by atoms with Crippen LogP contribution in [-0.2, 0) is 12.0 Å². The zero-order valence-corrected chi connectivity index (χ0v) is 41.5. The van der Waals surface area contributed by atoms with Gasteiger partial charge in [0.05, 0.1) is 0 Å². The van der Waals surface area contributed by atoms with Gasteiger partial charge in [-0.05, 0) is 0 Å². The summed E-state index contributed by atoms with van der Waals surface area (Å²) in [5.74, 6) is 3.26. The standard InChI is InChI=1S/2C27H21O.2CH3.2ClH.H2Si.Zr/c2*1-18-8-10-23-16-24(26-15-9-19(2)28-26)17-25(23)27(18)22-13-11-21(12-14-22)20-6-4-3-5-7-20;;;;;;/h2*3-17H,1-2H3;2*1H3;2*1H;1H2;/q;;;;;;;+2/p-2. The van der Waals surface area contributed by atoms with Crippen LogP contribution in [-0.4, -0.2) is 6.88 Å². The van der Waals surface area contributed by atoms with Crippen molar-refractivity contribution in [3.8, 4) is 44.5 Å². The van der Waals surface area contributed by atoms with Crippen molar-refractivity contribution < 1.29 is 20.9 Å². The molecule has 2 unspecified atom stereocenters. The average Bonchev–Trinajstić information content (AvgIpc) is 4.07. The number of hydrogen-bond donors (Lipinski definition) is 0. The Morgan fingerprint density at radius 2 is 0.758 bits per heavy atom. The molecule has 0 saturated heterocycles. The molecule has 2 aliphatic rings. The fourth-order valence-electron chi connectivity index (χ4n) is 11.1. The van der Waals surface area contributed by atoms with E-state index in [1.54, 1.807) is 0 Å². The SMILES string of the molecule is Cc1ccc(C2=Cc3c(ccc(C)c3-c3ccc(-c4ccccc4)cc3)[CH]2[Zr]([CH3])([CH3])(=[SiH2])([Cl])([Cl])[CH]2C(c3ccc(C)o3)=Cc3c2ccc(C)c3-c2ccc(-c3ccccc3)cc2)o1. The second-order valence-electron chi connectivity index (χ2n) is 19.8. The van der Waals surface area contributed by atoms with Crippen LogP contribution < -0.4 is 0 Å². The number of furan rings is 2. The summed E-state index contributed by atoms with van der Waals surface area (Å²) in [7, 11) is 18.3. The summed E-state index contributed by atoms with van der Waals surface area (Å²) in [5.41, 5.74) is 18.3. The van der Waals surface area contributed by atoms with Crippen LogP contribution in [0.1, 0.15) is 63.7 Å². The topological polar surface area (TPSA) is 26.3 Å². The Bertz CT molecular complexity index is 3080. The summed E-state index contributed by atoms with van der Waals surface area (Å²) in [6.07, 6.45) is 4.66. The van der Waals surface area contributed by atoms with Crippen LogP contribution >= 0.6 is 17.0 Å². The molecule has 2 atom stereocenters. The maximum atomic E-state index is 9.13. The molecule has 0 aliphatic heterocycles. The van der Waals surface area contributed by atoms with Crippen molar-refractivity contribution in [2.75, 3.05) is 0 Å². The van der Waals surface area contributed by atoms with Gasteiger partial charge in [0.2, 0.25) is 0 Å². The van der Waals surface area contributed by atoms with Crippen molar-refractivity contribution in [2.45, 2.75) is 44.2 Å². The van der Waals surface area contributed by atoms with E-state index in [2.05, 4.69) is 181 Å². The molecule has 2 aliphatic carbocycles. The third kappa shape index (κ3) is 6.69. The first kappa shape index (κ1) is 41.1. The number of allylic oxidation sites excluding steroid dienone is 2. The number of aryl methyl sites for hydroxylation is 4. The van der Waals surface area contributed by atoms with E-state index in [1.807, 2.05) is 32.9 Å². The molecule has 2 nitrogen and oxygen atoms in total. The monoisotopic (exact) mass is 942 g/mol. The first-order valence-corrected chi connectivity index (χ1v) is 41.5. The van der Waals surface area contributed by atoms with Gasteiger partial charge in [0.1, 0.15) is 0 Å². The third-order valence-corrected chi connectivity index (χ3v) is 38.3. The molecule has 0 saturated carbocycles. The van der Waals surface area contributed by atoms with Gasteiger partial charge in [0.25, 0.3) is 0 Å². The van der Waals surface area contributed by atoms with Gasteiger partial charge >= 0.3 is 371 Å². The molecular formula is C56H50Cl2O2SiZr. The van der Waals surface area contributed by atoms with Crippen LogP contribution in [0.15, 0.2) is 167 Å². The van der Waals surface area contributed by atoms with Gasteiger partial charge in [0.15, 0.2) is 0 Å². The van der Waals surface area contributed by atoms with Gasteiger partial charge < -0.3 is 0 Å². The molecule has 62 heavy (non-hydrogen) atoms. The van der Waals surface area contributed by atoms with E-state index in [0.717, 1.165) is 67.6 Å². The molecule has 0 spiro atoms. The normalized spacial score (nSPS) is 17.6. The molecule has 0 radical (unpaired) electrons. The molecule has 0 bridgehead atoms. The zero-order chi connectivity index (χ0) is 43.3. The average molecular weight is 945 g/mol. The van der Waals surface area contributed by atoms with Crippen molar-refractivity contribution >= 4 is 47.2 Å². The Labute approximate surface area is 368 Å². The minimum atomic E-state index is -6.57. The number of fused-ring (bicyclic) bond motifs is 2. The number of rotatable bonds is 8. The first-order chi connectivity index (χ1) is 29.4. The summed E-state index contributed by atoms with van der Waals surface area (Å²) >= 11 is -6.57. The van der Waals surface area contributed by atoms with Gasteiger partial charge in [-0.15, -0.1) is 0 Å². The second-order valence-corrected chi connectivity index (χ2v) is 87.9. The Morgan fingerprint density at radius 3 is 1.10 bits per heavy atom. The van der Waals surface area contributed by atoms with Gasteiger partial charge in [-0.2, -0.15) is 0 Å². The fourth-order valence-corrected chi connectivity index (χ4v) is 37.4. The molecule has 308 valence electrons. The van der Waals surface area contributed by atoms with Crippen LogP contribution in [0, 0.1) is 27.7 Å². The van der Waals surface area contributed by atoms with E-state index in [4.69, 9.17) is 25.9 Å². The van der Waals surface area contributed by atoms with Gasteiger partial charge in [-0.25, -0.2) is 0 Å². The Morgan fingerprint density at radius 1 is 0.419 bits per heavy atom. The molecule has 10 rings (SSSR count). The van der Waals surface area contributed by atoms with Crippen molar-refractivity contribution in [3.63, 3.8) is 0 Å². The summed E-state index contributed by atoms with van der Waals surface area (Å²) in [6, 6.07) is 56.2. The van der Waals surface area contributed by atoms with Crippen LogP contribution in [0.25, 0.3) is 67.8 Å². The Kier molecular flexibility index (Phi) is 8.96. The van der Waals surface area contributed by atoms with Crippen LogP contribution in [0.2, 0.25) is 9.26 Å². The quantitative estimate of drug-likeness (QED) is 0.142. The molecule has 6 heteroatoms. The van der Waals surface area contributed by atoms with E-state index in [9.17, 15) is 0 Å². The van der Waals surface area contributed by atoms with E-state index in [0.29, 0.717) is 0 Å². The van der Waals surface area contributed by atoms with E-state index in [-0.39, 0.29) is 0 Å². The van der Waals surface area contributed by atoms with Gasteiger partial charge in [-0.1, -0.05) is 0 Å². The second kappa shape index (κ2) is 13.5.